The number of anilines is 1. The monoisotopic (exact) mass is 350 g/mol. The van der Waals surface area contributed by atoms with Crippen molar-refractivity contribution in [2.75, 3.05) is 47.2 Å². The summed E-state index contributed by atoms with van der Waals surface area (Å²) >= 11 is 0. The van der Waals surface area contributed by atoms with Gasteiger partial charge in [0.15, 0.2) is 0 Å². The normalized spacial score (nSPS) is 10.7. The Morgan fingerprint density at radius 3 is 2.12 bits per heavy atom. The molecule has 2 aromatic carbocycles. The third-order valence-electron chi connectivity index (χ3n) is 4.09. The van der Waals surface area contributed by atoms with Crippen LogP contribution in [0.25, 0.3) is 16.7 Å². The number of aromatic nitrogens is 2. The van der Waals surface area contributed by atoms with Crippen LogP contribution in [0.4, 0.5) is 11.6 Å². The number of benzene rings is 2. The van der Waals surface area contributed by atoms with Crippen LogP contribution in [0.1, 0.15) is 0 Å². The zero-order valence-electron chi connectivity index (χ0n) is 16.3. The topological polar surface area (TPSA) is 39.9 Å². The van der Waals surface area contributed by atoms with Crippen molar-refractivity contribution in [3.8, 4) is 5.69 Å². The summed E-state index contributed by atoms with van der Waals surface area (Å²) in [6.07, 6.45) is 0. The summed E-state index contributed by atoms with van der Waals surface area (Å²) in [7, 11) is 12.0. The lowest BCUT2D eigenvalue weighted by Gasteiger charge is -2.23. The number of hydrogen-bond donors (Lipinski definition) is 0. The molecule has 0 N–H and O–H groups in total. The fourth-order valence-corrected chi connectivity index (χ4v) is 3.01. The molecule has 26 heavy (non-hydrogen) atoms. The first-order chi connectivity index (χ1) is 12.4. The largest absolute Gasteiger partial charge is 0.349 e. The van der Waals surface area contributed by atoms with Crippen molar-refractivity contribution in [3.05, 3.63) is 48.5 Å². The number of imidazole rings is 1. The van der Waals surface area contributed by atoms with Gasteiger partial charge in [-0.2, -0.15) is 0 Å². The molecule has 0 amide bonds. The summed E-state index contributed by atoms with van der Waals surface area (Å²) in [6, 6.07) is 16.4. The van der Waals surface area contributed by atoms with Crippen LogP contribution in [0.2, 0.25) is 0 Å². The Kier molecular flexibility index (Phi) is 4.84. The molecule has 3 rings (SSSR count). The second-order valence-electron chi connectivity index (χ2n) is 6.82. The highest BCUT2D eigenvalue weighted by atomic mass is 15.3. The minimum absolute atomic E-state index is 0.880. The number of guanidine groups is 1. The molecule has 0 aliphatic heterocycles. The minimum Gasteiger partial charge on any atom is -0.349 e. The van der Waals surface area contributed by atoms with E-state index in [0.29, 0.717) is 0 Å². The maximum absolute atomic E-state index is 4.92. The Bertz CT molecular complexity index is 926. The molecular weight excluding hydrogens is 324 g/mol. The van der Waals surface area contributed by atoms with Gasteiger partial charge in [-0.05, 0) is 24.3 Å². The van der Waals surface area contributed by atoms with E-state index >= 15 is 0 Å². The molecule has 0 fully saturated rings. The van der Waals surface area contributed by atoms with Crippen molar-refractivity contribution in [2.45, 2.75) is 0 Å². The maximum Gasteiger partial charge on any atom is 0.210 e. The number of fused-ring (bicyclic) bond motifs is 1. The van der Waals surface area contributed by atoms with Gasteiger partial charge in [0, 0.05) is 42.3 Å². The number of para-hydroxylation sites is 4. The van der Waals surface area contributed by atoms with E-state index in [1.54, 1.807) is 0 Å². The van der Waals surface area contributed by atoms with Gasteiger partial charge in [0.1, 0.15) is 0 Å². The minimum atomic E-state index is 0.880. The standard InChI is InChI=1S/C20H26N6/c1-23(2)19(24(3)4)21-15-11-7-9-13-17(15)26-18-14-10-8-12-16(18)22-20(26)25(5)6/h7-14H,1-6H3. The maximum atomic E-state index is 4.92. The summed E-state index contributed by atoms with van der Waals surface area (Å²) in [5.41, 5.74) is 3.94. The highest BCUT2D eigenvalue weighted by molar-refractivity contribution is 5.86. The molecule has 0 atom stereocenters. The molecule has 0 spiro atoms. The SMILES string of the molecule is CN(C)C(=Nc1ccccc1-n1c(N(C)C)nc2ccccc21)N(C)C. The molecule has 0 saturated carbocycles. The number of rotatable bonds is 3. The summed E-state index contributed by atoms with van der Waals surface area (Å²) in [5, 5.41) is 0. The second kappa shape index (κ2) is 7.07. The van der Waals surface area contributed by atoms with E-state index in [0.717, 1.165) is 34.3 Å². The molecule has 136 valence electrons. The van der Waals surface area contributed by atoms with Gasteiger partial charge in [-0.15, -0.1) is 0 Å². The Morgan fingerprint density at radius 1 is 0.846 bits per heavy atom. The summed E-state index contributed by atoms with van der Waals surface area (Å²) in [6.45, 7) is 0. The van der Waals surface area contributed by atoms with Crippen LogP contribution < -0.4 is 4.90 Å². The predicted octanol–water partition coefficient (Wildman–Crippen LogP) is 3.20. The molecule has 6 heteroatoms. The average Bonchev–Trinajstić information content (AvgIpc) is 2.99. The lowest BCUT2D eigenvalue weighted by atomic mass is 10.2. The Labute approximate surface area is 155 Å². The molecule has 0 bridgehead atoms. The van der Waals surface area contributed by atoms with Gasteiger partial charge in [0.25, 0.3) is 0 Å². The van der Waals surface area contributed by atoms with E-state index in [9.17, 15) is 0 Å². The van der Waals surface area contributed by atoms with E-state index in [-0.39, 0.29) is 0 Å². The van der Waals surface area contributed by atoms with E-state index in [4.69, 9.17) is 9.98 Å². The van der Waals surface area contributed by atoms with Gasteiger partial charge in [-0.3, -0.25) is 4.57 Å². The molecule has 6 nitrogen and oxygen atoms in total. The van der Waals surface area contributed by atoms with E-state index < -0.39 is 0 Å². The van der Waals surface area contributed by atoms with Crippen molar-refractivity contribution in [2.24, 2.45) is 4.99 Å². The van der Waals surface area contributed by atoms with Crippen molar-refractivity contribution >= 4 is 28.6 Å². The second-order valence-corrected chi connectivity index (χ2v) is 6.82. The highest BCUT2D eigenvalue weighted by Gasteiger charge is 2.17. The third kappa shape index (κ3) is 3.22. The fraction of sp³-hybridized carbons (Fsp3) is 0.300. The lowest BCUT2D eigenvalue weighted by Crippen LogP contribution is -2.35. The van der Waals surface area contributed by atoms with E-state index in [1.165, 1.54) is 0 Å². The van der Waals surface area contributed by atoms with Gasteiger partial charge < -0.3 is 14.7 Å². The van der Waals surface area contributed by atoms with Crippen molar-refractivity contribution in [1.29, 1.82) is 0 Å². The van der Waals surface area contributed by atoms with Crippen LogP contribution in [0.3, 0.4) is 0 Å². The van der Waals surface area contributed by atoms with E-state index in [2.05, 4.69) is 16.7 Å². The van der Waals surface area contributed by atoms with Crippen LogP contribution in [-0.4, -0.2) is 67.6 Å². The lowest BCUT2D eigenvalue weighted by molar-refractivity contribution is 0.484. The molecule has 0 radical (unpaired) electrons. The zero-order valence-corrected chi connectivity index (χ0v) is 16.3. The van der Waals surface area contributed by atoms with Crippen LogP contribution in [0.5, 0.6) is 0 Å². The first kappa shape index (κ1) is 17.8. The van der Waals surface area contributed by atoms with Crippen LogP contribution >= 0.6 is 0 Å². The van der Waals surface area contributed by atoms with Gasteiger partial charge in [-0.25, -0.2) is 9.98 Å². The Morgan fingerprint density at radius 2 is 1.46 bits per heavy atom. The molecule has 1 heterocycles. The smallest absolute Gasteiger partial charge is 0.210 e. The van der Waals surface area contributed by atoms with Gasteiger partial charge >= 0.3 is 0 Å². The Hall–Kier alpha value is -3.02. The van der Waals surface area contributed by atoms with Crippen LogP contribution in [-0.2, 0) is 0 Å². The van der Waals surface area contributed by atoms with Gasteiger partial charge in [-0.1, -0.05) is 24.3 Å². The first-order valence-electron chi connectivity index (χ1n) is 8.57. The highest BCUT2D eigenvalue weighted by Crippen LogP contribution is 2.32. The molecule has 1 aromatic heterocycles. The van der Waals surface area contributed by atoms with Crippen molar-refractivity contribution < 1.29 is 0 Å². The number of aliphatic imine (C=N–C) groups is 1. The molecule has 0 aliphatic carbocycles. The third-order valence-corrected chi connectivity index (χ3v) is 4.09. The summed E-state index contributed by atoms with van der Waals surface area (Å²) in [5.74, 6) is 1.76. The first-order valence-corrected chi connectivity index (χ1v) is 8.57. The Balaban J connectivity index is 2.28. The molecule has 0 saturated heterocycles. The van der Waals surface area contributed by atoms with Crippen LogP contribution in [0.15, 0.2) is 53.5 Å². The van der Waals surface area contributed by atoms with Crippen molar-refractivity contribution in [1.82, 2.24) is 19.4 Å². The summed E-state index contributed by atoms with van der Waals surface area (Å²) < 4.78 is 2.16. The molecular formula is C20H26N6. The van der Waals surface area contributed by atoms with Crippen LogP contribution in [0, 0.1) is 0 Å². The van der Waals surface area contributed by atoms with E-state index in [1.807, 2.05) is 93.4 Å². The fourth-order valence-electron chi connectivity index (χ4n) is 3.01. The molecule has 0 aliphatic rings. The summed E-state index contributed by atoms with van der Waals surface area (Å²) in [4.78, 5) is 15.8. The number of nitrogens with zero attached hydrogens (tertiary/aromatic N) is 6. The quantitative estimate of drug-likeness (QED) is 0.537. The predicted molar refractivity (Wildman–Crippen MR) is 110 cm³/mol. The zero-order chi connectivity index (χ0) is 18.8. The molecule has 3 aromatic rings. The van der Waals surface area contributed by atoms with Gasteiger partial charge in [0.2, 0.25) is 11.9 Å². The average molecular weight is 350 g/mol. The molecule has 0 unspecified atom stereocenters. The number of hydrogen-bond acceptors (Lipinski definition) is 3. The van der Waals surface area contributed by atoms with Crippen molar-refractivity contribution in [3.63, 3.8) is 0 Å². The van der Waals surface area contributed by atoms with Gasteiger partial charge in [0.05, 0.1) is 22.4 Å².